The summed E-state index contributed by atoms with van der Waals surface area (Å²) in [5.41, 5.74) is 0.591. The summed E-state index contributed by atoms with van der Waals surface area (Å²) in [4.78, 5) is 11.4. The predicted octanol–water partition coefficient (Wildman–Crippen LogP) is 2.65. The fraction of sp³-hybridized carbons (Fsp3) is 0.963. The average molecular weight is 497 g/mol. The maximum atomic E-state index is 11.4. The van der Waals surface area contributed by atoms with Crippen LogP contribution in [-0.2, 0) is 14.3 Å². The Labute approximate surface area is 208 Å². The molecule has 5 aliphatic rings. The number of ether oxygens (including phenoxy) is 2. The van der Waals surface area contributed by atoms with Gasteiger partial charge in [0, 0.05) is 12.8 Å². The van der Waals surface area contributed by atoms with Gasteiger partial charge in [-0.25, -0.2) is 4.79 Å². The molecule has 0 radical (unpaired) electrons. The van der Waals surface area contributed by atoms with Crippen molar-refractivity contribution in [3.63, 3.8) is 0 Å². The molecule has 0 amide bonds. The molecule has 8 nitrogen and oxygen atoms in total. The highest BCUT2D eigenvalue weighted by Crippen LogP contribution is 2.68. The topological polar surface area (TPSA) is 137 Å². The zero-order chi connectivity index (χ0) is 25.3. The van der Waals surface area contributed by atoms with Gasteiger partial charge in [0.15, 0.2) is 18.2 Å². The first kappa shape index (κ1) is 25.9. The number of aliphatic hydroxyl groups is 4. The standard InChI is InChI=1S/C27H44O8/c1-4-14-6-8-17-16-7-5-15-13-27(33,12-11-26(15,3)18(16)9-10-25(14,17)2)35-24-21(30)19(28)20(29)22(34-24)23(31)32/h14-22,24,28-30,33H,4-13H2,1-3H3,(H,31,32)/t14-,15+,16-,17-,18-,19-,20-,21+,22-,24?,25+,26-,27?/m0/s1. The molecule has 2 unspecified atom stereocenters. The van der Waals surface area contributed by atoms with Gasteiger partial charge in [0.25, 0.3) is 0 Å². The molecule has 5 fully saturated rings. The number of rotatable bonds is 4. The van der Waals surface area contributed by atoms with E-state index >= 15 is 0 Å². The Morgan fingerprint density at radius 3 is 2.31 bits per heavy atom. The van der Waals surface area contributed by atoms with Crippen molar-refractivity contribution in [3.8, 4) is 0 Å². The van der Waals surface area contributed by atoms with Crippen LogP contribution in [-0.4, -0.2) is 68.0 Å². The third-order valence-electron chi connectivity index (χ3n) is 11.5. The summed E-state index contributed by atoms with van der Waals surface area (Å²) >= 11 is 0. The van der Waals surface area contributed by atoms with E-state index in [4.69, 9.17) is 9.47 Å². The fourth-order valence-corrected chi connectivity index (χ4v) is 9.46. The van der Waals surface area contributed by atoms with Gasteiger partial charge in [0.2, 0.25) is 0 Å². The highest BCUT2D eigenvalue weighted by Gasteiger charge is 2.61. The van der Waals surface area contributed by atoms with Gasteiger partial charge < -0.3 is 35.0 Å². The zero-order valence-corrected chi connectivity index (χ0v) is 21.3. The molecule has 5 rings (SSSR count). The largest absolute Gasteiger partial charge is 0.479 e. The van der Waals surface area contributed by atoms with Crippen molar-refractivity contribution in [3.05, 3.63) is 0 Å². The lowest BCUT2D eigenvalue weighted by Crippen LogP contribution is -2.63. The van der Waals surface area contributed by atoms with Gasteiger partial charge in [-0.3, -0.25) is 0 Å². The lowest BCUT2D eigenvalue weighted by atomic mass is 9.44. The summed E-state index contributed by atoms with van der Waals surface area (Å²) in [6.07, 6.45) is 1.85. The van der Waals surface area contributed by atoms with Crippen LogP contribution in [0.4, 0.5) is 0 Å². The summed E-state index contributed by atoms with van der Waals surface area (Å²) in [6.45, 7) is 7.29. The van der Waals surface area contributed by atoms with Crippen LogP contribution in [0.2, 0.25) is 0 Å². The van der Waals surface area contributed by atoms with Gasteiger partial charge in [-0.2, -0.15) is 0 Å². The molecular formula is C27H44O8. The van der Waals surface area contributed by atoms with Crippen LogP contribution in [0, 0.1) is 40.4 Å². The normalized spacial score (nSPS) is 56.1. The van der Waals surface area contributed by atoms with Crippen molar-refractivity contribution in [2.45, 2.75) is 121 Å². The highest BCUT2D eigenvalue weighted by atomic mass is 16.8. The maximum absolute atomic E-state index is 11.4. The number of carbonyl (C=O) groups is 1. The van der Waals surface area contributed by atoms with E-state index < -0.39 is 42.5 Å². The zero-order valence-electron chi connectivity index (χ0n) is 21.3. The Balaban J connectivity index is 1.30. The Morgan fingerprint density at radius 2 is 1.63 bits per heavy atom. The minimum atomic E-state index is -1.78. The summed E-state index contributed by atoms with van der Waals surface area (Å²) in [7, 11) is 0. The second-order valence-corrected chi connectivity index (χ2v) is 12.9. The van der Waals surface area contributed by atoms with Crippen LogP contribution in [0.15, 0.2) is 0 Å². The summed E-state index contributed by atoms with van der Waals surface area (Å²) in [5.74, 6) is 0.265. The summed E-state index contributed by atoms with van der Waals surface area (Å²) < 4.78 is 11.1. The lowest BCUT2D eigenvalue weighted by molar-refractivity contribution is -0.370. The van der Waals surface area contributed by atoms with Crippen LogP contribution in [0.1, 0.15) is 85.0 Å². The molecule has 5 N–H and O–H groups in total. The summed E-state index contributed by atoms with van der Waals surface area (Å²) in [6, 6.07) is 0. The Hall–Kier alpha value is -0.770. The lowest BCUT2D eigenvalue weighted by Gasteiger charge is -2.62. The number of carboxylic acid groups (broad SMARTS) is 1. The third kappa shape index (κ3) is 3.98. The van der Waals surface area contributed by atoms with Crippen LogP contribution in [0.5, 0.6) is 0 Å². The molecule has 0 aromatic heterocycles. The molecule has 4 saturated carbocycles. The molecule has 0 aromatic rings. The Kier molecular flexibility index (Phi) is 6.59. The number of aliphatic hydroxyl groups excluding tert-OH is 3. The van der Waals surface area contributed by atoms with E-state index in [1.165, 1.54) is 38.5 Å². The second kappa shape index (κ2) is 8.91. The number of carboxylic acids is 1. The van der Waals surface area contributed by atoms with Crippen LogP contribution in [0.25, 0.3) is 0 Å². The van der Waals surface area contributed by atoms with E-state index in [0.717, 1.165) is 30.6 Å². The fourth-order valence-electron chi connectivity index (χ4n) is 9.46. The van der Waals surface area contributed by atoms with Crippen molar-refractivity contribution in [1.29, 1.82) is 0 Å². The van der Waals surface area contributed by atoms with Gasteiger partial charge >= 0.3 is 5.97 Å². The van der Waals surface area contributed by atoms with Crippen molar-refractivity contribution >= 4 is 5.97 Å². The second-order valence-electron chi connectivity index (χ2n) is 12.9. The van der Waals surface area contributed by atoms with E-state index in [1.807, 2.05) is 0 Å². The molecule has 35 heavy (non-hydrogen) atoms. The maximum Gasteiger partial charge on any atom is 0.335 e. The first-order chi connectivity index (χ1) is 16.4. The van der Waals surface area contributed by atoms with Crippen molar-refractivity contribution < 1.29 is 39.8 Å². The van der Waals surface area contributed by atoms with Crippen molar-refractivity contribution in [2.24, 2.45) is 40.4 Å². The predicted molar refractivity (Wildman–Crippen MR) is 126 cm³/mol. The van der Waals surface area contributed by atoms with E-state index in [-0.39, 0.29) is 11.3 Å². The molecule has 4 aliphatic carbocycles. The minimum absolute atomic E-state index is 0.121. The number of hydrogen-bond donors (Lipinski definition) is 5. The van der Waals surface area contributed by atoms with Crippen LogP contribution in [0.3, 0.4) is 0 Å². The van der Waals surface area contributed by atoms with Gasteiger partial charge in [0.1, 0.15) is 18.3 Å². The van der Waals surface area contributed by atoms with Gasteiger partial charge in [0.05, 0.1) is 0 Å². The molecule has 1 aliphatic heterocycles. The van der Waals surface area contributed by atoms with Crippen molar-refractivity contribution in [2.75, 3.05) is 0 Å². The molecule has 0 aromatic carbocycles. The van der Waals surface area contributed by atoms with Crippen LogP contribution >= 0.6 is 0 Å². The molecule has 200 valence electrons. The van der Waals surface area contributed by atoms with Crippen molar-refractivity contribution in [1.82, 2.24) is 0 Å². The monoisotopic (exact) mass is 496 g/mol. The molecule has 1 heterocycles. The molecule has 13 atom stereocenters. The smallest absolute Gasteiger partial charge is 0.335 e. The minimum Gasteiger partial charge on any atom is -0.479 e. The molecule has 1 saturated heterocycles. The van der Waals surface area contributed by atoms with Gasteiger partial charge in [-0.1, -0.05) is 27.2 Å². The molecule has 0 bridgehead atoms. The number of aliphatic carboxylic acids is 1. The SMILES string of the molecule is CC[C@H]1CC[C@H]2[C@@H]3CC[C@@H]4CC(O)(OC5O[C@H](C(=O)O)[C@@H](O)[C@H](O)[C@H]5O)CC[C@]4(C)[C@H]3CC[C@]12C. The van der Waals surface area contributed by atoms with E-state index in [1.54, 1.807) is 0 Å². The molecule has 0 spiro atoms. The van der Waals surface area contributed by atoms with Gasteiger partial charge in [-0.05, 0) is 85.4 Å². The van der Waals surface area contributed by atoms with E-state index in [0.29, 0.717) is 24.2 Å². The molecule has 8 heteroatoms. The number of fused-ring (bicyclic) bond motifs is 5. The van der Waals surface area contributed by atoms with E-state index in [9.17, 15) is 30.3 Å². The Bertz CT molecular complexity index is 821. The highest BCUT2D eigenvalue weighted by molar-refractivity contribution is 5.73. The van der Waals surface area contributed by atoms with E-state index in [2.05, 4.69) is 20.8 Å². The average Bonchev–Trinajstić information content (AvgIpc) is 3.16. The number of hydrogen-bond acceptors (Lipinski definition) is 7. The first-order valence-electron chi connectivity index (χ1n) is 13.8. The van der Waals surface area contributed by atoms with Gasteiger partial charge in [-0.15, -0.1) is 0 Å². The quantitative estimate of drug-likeness (QED) is 0.296. The van der Waals surface area contributed by atoms with Crippen LogP contribution < -0.4 is 0 Å². The Morgan fingerprint density at radius 1 is 0.914 bits per heavy atom. The third-order valence-corrected chi connectivity index (χ3v) is 11.5. The molecular weight excluding hydrogens is 452 g/mol. The summed E-state index contributed by atoms with van der Waals surface area (Å²) in [5, 5.41) is 51.2. The first-order valence-corrected chi connectivity index (χ1v) is 13.8.